The van der Waals surface area contributed by atoms with E-state index in [2.05, 4.69) is 42.5 Å². The Hall–Kier alpha value is -1.79. The largest absolute Gasteiger partial charge is 0.0837 e. The molecule has 1 aliphatic rings. The summed E-state index contributed by atoms with van der Waals surface area (Å²) in [5.74, 6) is 0. The molecule has 3 aromatic carbocycles. The first-order valence-corrected chi connectivity index (χ1v) is 6.50. The second-order valence-corrected chi connectivity index (χ2v) is 5.21. The fourth-order valence-corrected chi connectivity index (χ4v) is 3.19. The molecular weight excluding hydrogens is 240 g/mol. The number of rotatable bonds is 0. The molecule has 1 aliphatic carbocycles. The Labute approximate surface area is 111 Å². The van der Waals surface area contributed by atoms with Crippen LogP contribution in [0, 0.1) is 0 Å². The smallest absolute Gasteiger partial charge is 0.0487 e. The van der Waals surface area contributed by atoms with E-state index < -0.39 is 0 Å². The van der Waals surface area contributed by atoms with Crippen molar-refractivity contribution in [3.05, 3.63) is 70.7 Å². The molecule has 86 valence electrons. The molecule has 0 nitrogen and oxygen atoms in total. The molecule has 0 heterocycles. The fraction of sp³-hybridized carbons (Fsp3) is 0.0588. The minimum absolute atomic E-state index is 0.863. The average molecular weight is 251 g/mol. The van der Waals surface area contributed by atoms with E-state index in [-0.39, 0.29) is 0 Å². The van der Waals surface area contributed by atoms with Gasteiger partial charge in [0.15, 0.2) is 0 Å². The molecule has 0 unspecified atom stereocenters. The molecule has 0 saturated carbocycles. The van der Waals surface area contributed by atoms with Crippen molar-refractivity contribution in [2.75, 3.05) is 0 Å². The lowest BCUT2D eigenvalue weighted by Crippen LogP contribution is -1.81. The summed E-state index contributed by atoms with van der Waals surface area (Å²) in [5, 5.41) is 3.45. The van der Waals surface area contributed by atoms with Crippen LogP contribution in [-0.4, -0.2) is 0 Å². The summed E-state index contributed by atoms with van der Waals surface area (Å²) in [5.41, 5.74) is 5.25. The van der Waals surface area contributed by atoms with Crippen molar-refractivity contribution >= 4 is 22.4 Å². The Kier molecular flexibility index (Phi) is 2.03. The summed E-state index contributed by atoms with van der Waals surface area (Å²) in [6.45, 7) is 0. The van der Waals surface area contributed by atoms with Gasteiger partial charge in [0, 0.05) is 10.6 Å². The minimum Gasteiger partial charge on any atom is -0.0837 e. The zero-order valence-corrected chi connectivity index (χ0v) is 10.5. The first kappa shape index (κ1) is 10.2. The highest BCUT2D eigenvalue weighted by Gasteiger charge is 2.20. The van der Waals surface area contributed by atoms with E-state index in [1.54, 1.807) is 0 Å². The van der Waals surface area contributed by atoms with Crippen LogP contribution in [-0.2, 0) is 6.42 Å². The van der Waals surface area contributed by atoms with E-state index in [4.69, 9.17) is 11.6 Å². The second kappa shape index (κ2) is 3.60. The van der Waals surface area contributed by atoms with E-state index in [0.717, 1.165) is 11.4 Å². The highest BCUT2D eigenvalue weighted by molar-refractivity contribution is 6.33. The lowest BCUT2D eigenvalue weighted by Gasteiger charge is -2.05. The van der Waals surface area contributed by atoms with Crippen LogP contribution in [0.4, 0.5) is 0 Å². The topological polar surface area (TPSA) is 0 Å². The van der Waals surface area contributed by atoms with Gasteiger partial charge in [0.1, 0.15) is 0 Å². The molecule has 3 aromatic rings. The van der Waals surface area contributed by atoms with E-state index in [1.807, 2.05) is 12.1 Å². The van der Waals surface area contributed by atoms with Gasteiger partial charge in [-0.3, -0.25) is 0 Å². The molecule has 1 heteroatoms. The normalized spacial score (nSPS) is 12.5. The molecule has 0 fully saturated rings. The number of hydrogen-bond acceptors (Lipinski definition) is 0. The van der Waals surface area contributed by atoms with Crippen LogP contribution >= 0.6 is 11.6 Å². The van der Waals surface area contributed by atoms with E-state index in [0.29, 0.717) is 0 Å². The third kappa shape index (κ3) is 1.33. The van der Waals surface area contributed by atoms with E-state index in [1.165, 1.54) is 33.0 Å². The number of fused-ring (bicyclic) bond motifs is 4. The highest BCUT2D eigenvalue weighted by Crippen LogP contribution is 2.42. The first-order chi connectivity index (χ1) is 8.83. The molecule has 0 bridgehead atoms. The number of benzene rings is 3. The van der Waals surface area contributed by atoms with E-state index >= 15 is 0 Å². The Morgan fingerprint density at radius 3 is 2.39 bits per heavy atom. The van der Waals surface area contributed by atoms with Crippen LogP contribution in [0.5, 0.6) is 0 Å². The predicted molar refractivity (Wildman–Crippen MR) is 77.2 cm³/mol. The van der Waals surface area contributed by atoms with Gasteiger partial charge in [-0.1, -0.05) is 54.1 Å². The van der Waals surface area contributed by atoms with Crippen LogP contribution in [0.1, 0.15) is 11.1 Å². The Morgan fingerprint density at radius 2 is 1.56 bits per heavy atom. The predicted octanol–water partition coefficient (Wildman–Crippen LogP) is 5.06. The maximum Gasteiger partial charge on any atom is 0.0487 e. The van der Waals surface area contributed by atoms with Gasteiger partial charge in [-0.2, -0.15) is 0 Å². The van der Waals surface area contributed by atoms with Gasteiger partial charge in [-0.25, -0.2) is 0 Å². The molecule has 0 amide bonds. The molecule has 0 saturated heterocycles. The van der Waals surface area contributed by atoms with Crippen molar-refractivity contribution in [2.24, 2.45) is 0 Å². The monoisotopic (exact) mass is 250 g/mol. The van der Waals surface area contributed by atoms with Gasteiger partial charge in [0.2, 0.25) is 0 Å². The maximum absolute atomic E-state index is 6.35. The first-order valence-electron chi connectivity index (χ1n) is 6.12. The number of hydrogen-bond donors (Lipinski definition) is 0. The summed E-state index contributed by atoms with van der Waals surface area (Å²) < 4.78 is 0. The van der Waals surface area contributed by atoms with Crippen LogP contribution in [0.3, 0.4) is 0 Å². The summed E-state index contributed by atoms with van der Waals surface area (Å²) in [4.78, 5) is 0. The quantitative estimate of drug-likeness (QED) is 0.409. The Balaban J connectivity index is 2.09. The third-order valence-electron chi connectivity index (χ3n) is 3.72. The molecular formula is C17H11Cl. The van der Waals surface area contributed by atoms with Gasteiger partial charge in [0.25, 0.3) is 0 Å². The summed E-state index contributed by atoms with van der Waals surface area (Å²) >= 11 is 6.35. The highest BCUT2D eigenvalue weighted by atomic mass is 35.5. The van der Waals surface area contributed by atoms with Crippen LogP contribution in [0.2, 0.25) is 5.02 Å². The van der Waals surface area contributed by atoms with Crippen molar-refractivity contribution in [3.8, 4) is 11.1 Å². The zero-order chi connectivity index (χ0) is 12.1. The van der Waals surface area contributed by atoms with Gasteiger partial charge in [-0.15, -0.1) is 0 Å². The van der Waals surface area contributed by atoms with Crippen molar-refractivity contribution in [2.45, 2.75) is 6.42 Å². The molecule has 0 N–H and O–H groups in total. The molecule has 0 atom stereocenters. The van der Waals surface area contributed by atoms with Gasteiger partial charge >= 0.3 is 0 Å². The van der Waals surface area contributed by atoms with Crippen LogP contribution in [0.25, 0.3) is 21.9 Å². The number of halogens is 1. The van der Waals surface area contributed by atoms with Gasteiger partial charge < -0.3 is 0 Å². The second-order valence-electron chi connectivity index (χ2n) is 4.81. The molecule has 0 aromatic heterocycles. The molecule has 0 spiro atoms. The van der Waals surface area contributed by atoms with Gasteiger partial charge in [0.05, 0.1) is 0 Å². The van der Waals surface area contributed by atoms with Gasteiger partial charge in [-0.05, 0) is 46.0 Å². The van der Waals surface area contributed by atoms with Crippen molar-refractivity contribution in [1.82, 2.24) is 0 Å². The fourth-order valence-electron chi connectivity index (χ4n) is 2.89. The molecule has 0 radical (unpaired) electrons. The standard InChI is InChI=1S/C17H11Cl/c18-16-7-3-6-13-9-14-8-11-4-1-2-5-12(11)10-15(14)17(13)16/h1-8,10H,9H2. The minimum atomic E-state index is 0.863. The lowest BCUT2D eigenvalue weighted by molar-refractivity contribution is 1.27. The maximum atomic E-state index is 6.35. The summed E-state index contributed by atoms with van der Waals surface area (Å²) in [7, 11) is 0. The van der Waals surface area contributed by atoms with E-state index in [9.17, 15) is 0 Å². The van der Waals surface area contributed by atoms with Crippen LogP contribution < -0.4 is 0 Å². The SMILES string of the molecule is Clc1cccc2c1-c1cc3ccccc3cc1C2. The lowest BCUT2D eigenvalue weighted by atomic mass is 10.0. The average Bonchev–Trinajstić information content (AvgIpc) is 2.74. The summed E-state index contributed by atoms with van der Waals surface area (Å²) in [6, 6.07) is 19.2. The summed E-state index contributed by atoms with van der Waals surface area (Å²) in [6.07, 6.45) is 0.996. The molecule has 0 aliphatic heterocycles. The third-order valence-corrected chi connectivity index (χ3v) is 4.04. The molecule has 4 rings (SSSR count). The Morgan fingerprint density at radius 1 is 0.778 bits per heavy atom. The Bertz CT molecular complexity index is 772. The zero-order valence-electron chi connectivity index (χ0n) is 9.78. The van der Waals surface area contributed by atoms with Crippen molar-refractivity contribution in [3.63, 3.8) is 0 Å². The van der Waals surface area contributed by atoms with Crippen molar-refractivity contribution < 1.29 is 0 Å². The van der Waals surface area contributed by atoms with Crippen molar-refractivity contribution in [1.29, 1.82) is 0 Å². The van der Waals surface area contributed by atoms with Crippen LogP contribution in [0.15, 0.2) is 54.6 Å². The molecule has 18 heavy (non-hydrogen) atoms.